The van der Waals surface area contributed by atoms with E-state index in [2.05, 4.69) is 16.5 Å². The Kier molecular flexibility index (Phi) is 1.57. The van der Waals surface area contributed by atoms with Crippen LogP contribution in [-0.4, -0.2) is 15.1 Å². The van der Waals surface area contributed by atoms with Crippen molar-refractivity contribution in [3.05, 3.63) is 17.7 Å². The van der Waals surface area contributed by atoms with Crippen LogP contribution in [0.15, 0.2) is 6.20 Å². The number of nitrogens with two attached hydrogens (primary N) is 1. The van der Waals surface area contributed by atoms with Crippen LogP contribution in [-0.2, 0) is 6.54 Å². The molecule has 1 aromatic heterocycles. The lowest BCUT2D eigenvalue weighted by atomic mass is 9.87. The first-order chi connectivity index (χ1) is 6.71. The van der Waals surface area contributed by atoms with Gasteiger partial charge in [-0.2, -0.15) is 0 Å². The molecule has 1 aromatic rings. The predicted octanol–water partition coefficient (Wildman–Crippen LogP) is 1.56. The Morgan fingerprint density at radius 2 is 2.36 bits per heavy atom. The largest absolute Gasteiger partial charge is 0.332 e. The molecule has 14 heavy (non-hydrogen) atoms. The summed E-state index contributed by atoms with van der Waals surface area (Å²) in [4.78, 5) is 4.40. The van der Waals surface area contributed by atoms with Crippen molar-refractivity contribution in [1.82, 2.24) is 9.55 Å². The molecular formula is C11H17N3. The average Bonchev–Trinajstić information content (AvgIpc) is 2.83. The third kappa shape index (κ3) is 1.05. The van der Waals surface area contributed by atoms with Gasteiger partial charge in [0.1, 0.15) is 5.82 Å². The maximum absolute atomic E-state index is 6.30. The molecule has 76 valence electrons. The van der Waals surface area contributed by atoms with Crippen LogP contribution < -0.4 is 5.73 Å². The third-order valence-electron chi connectivity index (χ3n) is 3.84. The lowest BCUT2D eigenvalue weighted by Crippen LogP contribution is -2.34. The van der Waals surface area contributed by atoms with Crippen molar-refractivity contribution in [3.8, 4) is 0 Å². The van der Waals surface area contributed by atoms with Gasteiger partial charge in [0.15, 0.2) is 0 Å². The summed E-state index contributed by atoms with van der Waals surface area (Å²) in [7, 11) is 0. The second kappa shape index (κ2) is 2.60. The van der Waals surface area contributed by atoms with Gasteiger partial charge in [-0.3, -0.25) is 0 Å². The van der Waals surface area contributed by atoms with Gasteiger partial charge in [-0.1, -0.05) is 0 Å². The quantitative estimate of drug-likeness (QED) is 0.732. The van der Waals surface area contributed by atoms with E-state index in [4.69, 9.17) is 5.73 Å². The van der Waals surface area contributed by atoms with Gasteiger partial charge in [-0.05, 0) is 32.6 Å². The smallest absolute Gasteiger partial charge is 0.105 e. The van der Waals surface area contributed by atoms with Crippen molar-refractivity contribution in [1.29, 1.82) is 0 Å². The molecule has 0 spiro atoms. The zero-order valence-corrected chi connectivity index (χ0v) is 8.66. The molecule has 1 saturated carbocycles. The Hall–Kier alpha value is -0.830. The van der Waals surface area contributed by atoms with E-state index >= 15 is 0 Å². The number of aryl methyl sites for hydroxylation is 1. The molecule has 3 rings (SSSR count). The first kappa shape index (κ1) is 8.48. The highest BCUT2D eigenvalue weighted by atomic mass is 15.1. The standard InChI is InChI=1S/C11H17N3/c1-8-13-7-10-9(11(12)4-5-11)3-2-6-14(8)10/h7,9H,2-6,12H2,1H3. The Labute approximate surface area is 84.3 Å². The monoisotopic (exact) mass is 191 g/mol. The number of imidazole rings is 1. The summed E-state index contributed by atoms with van der Waals surface area (Å²) < 4.78 is 2.35. The van der Waals surface area contributed by atoms with Crippen LogP contribution in [0.5, 0.6) is 0 Å². The molecule has 0 bridgehead atoms. The third-order valence-corrected chi connectivity index (χ3v) is 3.84. The molecule has 3 heteroatoms. The summed E-state index contributed by atoms with van der Waals surface area (Å²) in [6.45, 7) is 3.22. The van der Waals surface area contributed by atoms with Crippen LogP contribution in [0.3, 0.4) is 0 Å². The van der Waals surface area contributed by atoms with E-state index in [9.17, 15) is 0 Å². The van der Waals surface area contributed by atoms with Gasteiger partial charge >= 0.3 is 0 Å². The first-order valence-electron chi connectivity index (χ1n) is 5.52. The van der Waals surface area contributed by atoms with Gasteiger partial charge in [0, 0.05) is 29.9 Å². The van der Waals surface area contributed by atoms with Crippen LogP contribution in [0, 0.1) is 6.92 Å². The van der Waals surface area contributed by atoms with E-state index in [1.807, 2.05) is 6.20 Å². The van der Waals surface area contributed by atoms with Gasteiger partial charge in [0.2, 0.25) is 0 Å². The lowest BCUT2D eigenvalue weighted by molar-refractivity contribution is 0.386. The van der Waals surface area contributed by atoms with Gasteiger partial charge in [-0.15, -0.1) is 0 Å². The second-order valence-electron chi connectivity index (χ2n) is 4.81. The van der Waals surface area contributed by atoms with Crippen LogP contribution in [0.1, 0.15) is 43.1 Å². The molecule has 2 aliphatic rings. The molecule has 0 amide bonds. The number of fused-ring (bicyclic) bond motifs is 1. The SMILES string of the molecule is Cc1ncc2n1CCCC2C1(N)CC1. The fourth-order valence-electron chi connectivity index (χ4n) is 2.73. The van der Waals surface area contributed by atoms with E-state index in [0.717, 1.165) is 12.4 Å². The number of aromatic nitrogens is 2. The summed E-state index contributed by atoms with van der Waals surface area (Å²) in [5.41, 5.74) is 7.80. The van der Waals surface area contributed by atoms with Crippen LogP contribution in [0.25, 0.3) is 0 Å². The van der Waals surface area contributed by atoms with Crippen molar-refractivity contribution in [2.75, 3.05) is 0 Å². The normalized spacial score (nSPS) is 28.6. The summed E-state index contributed by atoms with van der Waals surface area (Å²) >= 11 is 0. The van der Waals surface area contributed by atoms with Crippen LogP contribution in [0.4, 0.5) is 0 Å². The van der Waals surface area contributed by atoms with Gasteiger partial charge < -0.3 is 10.3 Å². The van der Waals surface area contributed by atoms with Crippen molar-refractivity contribution in [3.63, 3.8) is 0 Å². The van der Waals surface area contributed by atoms with Crippen LogP contribution in [0.2, 0.25) is 0 Å². The lowest BCUT2D eigenvalue weighted by Gasteiger charge is -2.29. The predicted molar refractivity (Wildman–Crippen MR) is 55.1 cm³/mol. The van der Waals surface area contributed by atoms with E-state index in [-0.39, 0.29) is 5.54 Å². The van der Waals surface area contributed by atoms with Crippen molar-refractivity contribution in [2.45, 2.75) is 50.6 Å². The van der Waals surface area contributed by atoms with Gasteiger partial charge in [-0.25, -0.2) is 4.98 Å². The molecule has 1 aliphatic carbocycles. The summed E-state index contributed by atoms with van der Waals surface area (Å²) in [5, 5.41) is 0. The maximum atomic E-state index is 6.30. The number of rotatable bonds is 1. The van der Waals surface area contributed by atoms with E-state index in [1.165, 1.54) is 31.4 Å². The zero-order valence-electron chi connectivity index (χ0n) is 8.66. The minimum absolute atomic E-state index is 0.116. The molecular weight excluding hydrogens is 174 g/mol. The van der Waals surface area contributed by atoms with E-state index in [0.29, 0.717) is 5.92 Å². The molecule has 1 aliphatic heterocycles. The van der Waals surface area contributed by atoms with Gasteiger partial charge in [0.05, 0.1) is 0 Å². The fraction of sp³-hybridized carbons (Fsp3) is 0.727. The second-order valence-corrected chi connectivity index (χ2v) is 4.81. The van der Waals surface area contributed by atoms with Crippen molar-refractivity contribution < 1.29 is 0 Å². The van der Waals surface area contributed by atoms with Gasteiger partial charge in [0.25, 0.3) is 0 Å². The highest BCUT2D eigenvalue weighted by Crippen LogP contribution is 2.48. The molecule has 0 saturated heterocycles. The summed E-state index contributed by atoms with van der Waals surface area (Å²) in [6.07, 6.45) is 6.94. The highest BCUT2D eigenvalue weighted by molar-refractivity contribution is 5.23. The van der Waals surface area contributed by atoms with E-state index in [1.54, 1.807) is 0 Å². The Balaban J connectivity index is 2.03. The number of hydrogen-bond acceptors (Lipinski definition) is 2. The number of hydrogen-bond donors (Lipinski definition) is 1. The minimum atomic E-state index is 0.116. The molecule has 1 unspecified atom stereocenters. The molecule has 1 atom stereocenters. The molecule has 1 fully saturated rings. The molecule has 0 radical (unpaired) electrons. The number of nitrogens with zero attached hydrogens (tertiary/aromatic N) is 2. The highest BCUT2D eigenvalue weighted by Gasteiger charge is 2.48. The van der Waals surface area contributed by atoms with Crippen molar-refractivity contribution in [2.24, 2.45) is 5.73 Å². The Bertz CT molecular complexity index is 363. The van der Waals surface area contributed by atoms with Crippen molar-refractivity contribution >= 4 is 0 Å². The minimum Gasteiger partial charge on any atom is -0.332 e. The molecule has 0 aromatic carbocycles. The maximum Gasteiger partial charge on any atom is 0.105 e. The topological polar surface area (TPSA) is 43.8 Å². The molecule has 3 nitrogen and oxygen atoms in total. The Morgan fingerprint density at radius 1 is 1.57 bits per heavy atom. The Morgan fingerprint density at radius 3 is 3.07 bits per heavy atom. The first-order valence-corrected chi connectivity index (χ1v) is 5.52. The average molecular weight is 191 g/mol. The van der Waals surface area contributed by atoms with Crippen LogP contribution >= 0.6 is 0 Å². The van der Waals surface area contributed by atoms with E-state index < -0.39 is 0 Å². The molecule has 2 heterocycles. The fourth-order valence-corrected chi connectivity index (χ4v) is 2.73. The summed E-state index contributed by atoms with van der Waals surface area (Å²) in [6, 6.07) is 0. The molecule has 2 N–H and O–H groups in total. The zero-order chi connectivity index (χ0) is 9.76. The summed E-state index contributed by atoms with van der Waals surface area (Å²) in [5.74, 6) is 1.71.